The Morgan fingerprint density at radius 2 is 2.00 bits per heavy atom. The zero-order chi connectivity index (χ0) is 12.6. The van der Waals surface area contributed by atoms with Gasteiger partial charge in [0, 0.05) is 12.2 Å². The third-order valence-electron chi connectivity index (χ3n) is 1.53. The molecule has 0 aliphatic rings. The number of nitrogens with one attached hydrogen (secondary N) is 2. The molecule has 0 unspecified atom stereocenters. The van der Waals surface area contributed by atoms with Gasteiger partial charge in [0.05, 0.1) is 5.70 Å². The second kappa shape index (κ2) is 7.34. The quantitative estimate of drug-likeness (QED) is 0.362. The molecule has 0 aromatic heterocycles. The highest BCUT2D eigenvalue weighted by molar-refractivity contribution is 5.98. The standard InChI is InChI=1S/C12H20N4/c1-6-8-11(13)16-12(14-7-2)10(5)15-9(3)4/h6-9,15H,1-2,5,13H2,3-4H3,(H,14,16)/b11-8-. The number of allylic oxidation sites excluding steroid dienone is 2. The average molecular weight is 220 g/mol. The fourth-order valence-corrected chi connectivity index (χ4v) is 0.999. The zero-order valence-corrected chi connectivity index (χ0v) is 9.96. The summed E-state index contributed by atoms with van der Waals surface area (Å²) in [4.78, 5) is 4.05. The summed E-state index contributed by atoms with van der Waals surface area (Å²) in [5.41, 5.74) is 6.34. The molecule has 0 aromatic rings. The molecule has 0 saturated heterocycles. The maximum absolute atomic E-state index is 5.68. The minimum absolute atomic E-state index is 0.272. The van der Waals surface area contributed by atoms with Crippen molar-refractivity contribution in [2.24, 2.45) is 10.7 Å². The van der Waals surface area contributed by atoms with E-state index in [0.717, 1.165) is 0 Å². The van der Waals surface area contributed by atoms with E-state index in [1.807, 2.05) is 13.8 Å². The van der Waals surface area contributed by atoms with Gasteiger partial charge in [0.1, 0.15) is 5.82 Å². The third kappa shape index (κ3) is 5.70. The molecular weight excluding hydrogens is 200 g/mol. The van der Waals surface area contributed by atoms with E-state index in [9.17, 15) is 0 Å². The molecule has 88 valence electrons. The van der Waals surface area contributed by atoms with Gasteiger partial charge in [-0.05, 0) is 19.9 Å². The van der Waals surface area contributed by atoms with Gasteiger partial charge in [0.15, 0.2) is 5.84 Å². The molecular formula is C12H20N4. The summed E-state index contributed by atoms with van der Waals surface area (Å²) in [6, 6.07) is 0.272. The predicted molar refractivity (Wildman–Crippen MR) is 70.6 cm³/mol. The van der Waals surface area contributed by atoms with Crippen molar-refractivity contribution in [1.82, 2.24) is 10.6 Å². The van der Waals surface area contributed by atoms with Crippen LogP contribution in [0.3, 0.4) is 0 Å². The Morgan fingerprint density at radius 3 is 2.44 bits per heavy atom. The molecule has 16 heavy (non-hydrogen) atoms. The van der Waals surface area contributed by atoms with Gasteiger partial charge in [-0.25, -0.2) is 4.99 Å². The topological polar surface area (TPSA) is 62.4 Å². The van der Waals surface area contributed by atoms with Crippen LogP contribution < -0.4 is 16.4 Å². The summed E-state index contributed by atoms with van der Waals surface area (Å²) in [7, 11) is 0. The van der Waals surface area contributed by atoms with Gasteiger partial charge in [-0.2, -0.15) is 0 Å². The van der Waals surface area contributed by atoms with E-state index < -0.39 is 0 Å². The molecule has 0 fully saturated rings. The molecule has 0 aliphatic heterocycles. The molecule has 0 radical (unpaired) electrons. The van der Waals surface area contributed by atoms with Gasteiger partial charge in [0.25, 0.3) is 0 Å². The van der Waals surface area contributed by atoms with E-state index in [0.29, 0.717) is 17.4 Å². The maximum atomic E-state index is 5.68. The lowest BCUT2D eigenvalue weighted by Crippen LogP contribution is -2.35. The van der Waals surface area contributed by atoms with Crippen LogP contribution in [0.5, 0.6) is 0 Å². The van der Waals surface area contributed by atoms with Crippen molar-refractivity contribution in [3.05, 3.63) is 49.6 Å². The number of aliphatic imine (C=N–C) groups is 1. The summed E-state index contributed by atoms with van der Waals surface area (Å²) in [5, 5.41) is 6.04. The van der Waals surface area contributed by atoms with Crippen molar-refractivity contribution >= 4 is 5.84 Å². The van der Waals surface area contributed by atoms with Crippen molar-refractivity contribution < 1.29 is 0 Å². The maximum Gasteiger partial charge on any atom is 0.154 e. The fourth-order valence-electron chi connectivity index (χ4n) is 0.999. The molecule has 4 heteroatoms. The molecule has 0 amide bonds. The third-order valence-corrected chi connectivity index (χ3v) is 1.53. The Hall–Kier alpha value is -1.97. The number of hydrogen-bond donors (Lipinski definition) is 3. The average Bonchev–Trinajstić information content (AvgIpc) is 2.16. The van der Waals surface area contributed by atoms with Crippen LogP contribution in [-0.4, -0.2) is 11.9 Å². The molecule has 0 bridgehead atoms. The fraction of sp³-hybridized carbons (Fsp3) is 0.250. The van der Waals surface area contributed by atoms with Gasteiger partial charge in [0.2, 0.25) is 0 Å². The molecule has 4 N–H and O–H groups in total. The van der Waals surface area contributed by atoms with Crippen LogP contribution in [0.1, 0.15) is 13.8 Å². The largest absolute Gasteiger partial charge is 0.385 e. The van der Waals surface area contributed by atoms with Crippen LogP contribution in [0.4, 0.5) is 0 Å². The lowest BCUT2D eigenvalue weighted by atomic mass is 10.3. The molecule has 0 saturated carbocycles. The minimum Gasteiger partial charge on any atom is -0.385 e. The Kier molecular flexibility index (Phi) is 6.43. The molecule has 0 rings (SSSR count). The smallest absolute Gasteiger partial charge is 0.154 e. The molecule has 0 atom stereocenters. The van der Waals surface area contributed by atoms with Crippen LogP contribution in [0, 0.1) is 0 Å². The van der Waals surface area contributed by atoms with Gasteiger partial charge in [-0.15, -0.1) is 0 Å². The summed E-state index contributed by atoms with van der Waals surface area (Å²) < 4.78 is 0. The lowest BCUT2D eigenvalue weighted by Gasteiger charge is -2.16. The number of amidine groups is 1. The molecule has 0 aliphatic carbocycles. The number of nitrogens with two attached hydrogens (primary N) is 1. The first kappa shape index (κ1) is 14.0. The van der Waals surface area contributed by atoms with Crippen LogP contribution >= 0.6 is 0 Å². The Morgan fingerprint density at radius 1 is 1.38 bits per heavy atom. The zero-order valence-electron chi connectivity index (χ0n) is 9.96. The van der Waals surface area contributed by atoms with Crippen molar-refractivity contribution in [2.45, 2.75) is 19.9 Å². The highest BCUT2D eigenvalue weighted by atomic mass is 15.1. The summed E-state index contributed by atoms with van der Waals surface area (Å²) in [6.07, 6.45) is 4.66. The van der Waals surface area contributed by atoms with Crippen LogP contribution in [0.25, 0.3) is 0 Å². The van der Waals surface area contributed by atoms with E-state index in [1.54, 1.807) is 12.2 Å². The highest BCUT2D eigenvalue weighted by Gasteiger charge is 2.05. The SMILES string of the molecule is C=C/C=C(/N)NC(=NC=C)C(=C)NC(C)C. The van der Waals surface area contributed by atoms with Crippen molar-refractivity contribution in [3.63, 3.8) is 0 Å². The normalized spacial score (nSPS) is 12.2. The molecule has 0 spiro atoms. The van der Waals surface area contributed by atoms with Crippen molar-refractivity contribution in [1.29, 1.82) is 0 Å². The van der Waals surface area contributed by atoms with E-state index in [1.165, 1.54) is 6.20 Å². The van der Waals surface area contributed by atoms with Crippen LogP contribution in [-0.2, 0) is 0 Å². The monoisotopic (exact) mass is 220 g/mol. The summed E-state index contributed by atoms with van der Waals surface area (Å²) in [5.74, 6) is 0.988. The first-order valence-corrected chi connectivity index (χ1v) is 5.01. The first-order chi connectivity index (χ1) is 7.51. The number of hydrogen-bond acceptors (Lipinski definition) is 3. The molecule has 0 heterocycles. The van der Waals surface area contributed by atoms with Crippen LogP contribution in [0.15, 0.2) is 54.6 Å². The van der Waals surface area contributed by atoms with E-state index >= 15 is 0 Å². The number of nitrogens with zero attached hydrogens (tertiary/aromatic N) is 1. The van der Waals surface area contributed by atoms with Gasteiger partial charge >= 0.3 is 0 Å². The summed E-state index contributed by atoms with van der Waals surface area (Å²) >= 11 is 0. The van der Waals surface area contributed by atoms with Crippen LogP contribution in [0.2, 0.25) is 0 Å². The second-order valence-corrected chi connectivity index (χ2v) is 3.42. The minimum atomic E-state index is 0.272. The van der Waals surface area contributed by atoms with Gasteiger partial charge < -0.3 is 16.4 Å². The Balaban J connectivity index is 4.69. The highest BCUT2D eigenvalue weighted by Crippen LogP contribution is 1.94. The molecule has 0 aromatic carbocycles. The van der Waals surface area contributed by atoms with Crippen molar-refractivity contribution in [2.75, 3.05) is 0 Å². The van der Waals surface area contributed by atoms with E-state index in [4.69, 9.17) is 5.73 Å². The van der Waals surface area contributed by atoms with Crippen molar-refractivity contribution in [3.8, 4) is 0 Å². The predicted octanol–water partition coefficient (Wildman–Crippen LogP) is 1.62. The molecule has 4 nitrogen and oxygen atoms in total. The lowest BCUT2D eigenvalue weighted by molar-refractivity contribution is 0.685. The first-order valence-electron chi connectivity index (χ1n) is 5.01. The summed E-state index contributed by atoms with van der Waals surface area (Å²) in [6.45, 7) is 15.0. The van der Waals surface area contributed by atoms with Gasteiger partial charge in [-0.3, -0.25) is 0 Å². The van der Waals surface area contributed by atoms with Gasteiger partial charge in [-0.1, -0.05) is 25.8 Å². The Bertz CT molecular complexity index is 324. The second-order valence-electron chi connectivity index (χ2n) is 3.42. The number of rotatable bonds is 6. The van der Waals surface area contributed by atoms with E-state index in [-0.39, 0.29) is 6.04 Å². The Labute approximate surface area is 97.3 Å². The van der Waals surface area contributed by atoms with E-state index in [2.05, 4.69) is 35.4 Å².